The standard InChI is InChI=1S/C24H22N6O/c31-24(30-14-12-25-13-15-30)18-8-6-17(7-9-18)20-10-11-21-22(29-20)23(27-16-26-21)28-19-4-2-1-3-5-19/h1-11,16,25H,12-15H2,(H,26,27,28). The number of pyridine rings is 1. The minimum absolute atomic E-state index is 0.0715. The molecule has 1 saturated heterocycles. The van der Waals surface area contributed by atoms with E-state index in [2.05, 4.69) is 20.6 Å². The van der Waals surface area contributed by atoms with Gasteiger partial charge in [0.2, 0.25) is 0 Å². The van der Waals surface area contributed by atoms with E-state index in [1.54, 1.807) is 0 Å². The zero-order valence-electron chi connectivity index (χ0n) is 17.0. The lowest BCUT2D eigenvalue weighted by atomic mass is 10.1. The number of fused-ring (bicyclic) bond motifs is 1. The summed E-state index contributed by atoms with van der Waals surface area (Å²) in [6.07, 6.45) is 1.53. The molecular formula is C24H22N6O. The molecule has 0 aliphatic carbocycles. The van der Waals surface area contributed by atoms with E-state index in [0.29, 0.717) is 16.9 Å². The summed E-state index contributed by atoms with van der Waals surface area (Å²) in [6.45, 7) is 3.16. The van der Waals surface area contributed by atoms with Gasteiger partial charge in [-0.2, -0.15) is 0 Å². The molecule has 5 rings (SSSR count). The van der Waals surface area contributed by atoms with Gasteiger partial charge in [-0.1, -0.05) is 30.3 Å². The number of benzene rings is 2. The summed E-state index contributed by atoms with van der Waals surface area (Å²) in [5, 5.41) is 6.59. The van der Waals surface area contributed by atoms with Crippen LogP contribution in [0, 0.1) is 0 Å². The summed E-state index contributed by atoms with van der Waals surface area (Å²) < 4.78 is 0. The highest BCUT2D eigenvalue weighted by atomic mass is 16.2. The Bertz CT molecular complexity index is 1200. The van der Waals surface area contributed by atoms with Crippen LogP contribution in [0.3, 0.4) is 0 Å². The van der Waals surface area contributed by atoms with Crippen LogP contribution in [-0.2, 0) is 0 Å². The molecule has 0 saturated carbocycles. The lowest BCUT2D eigenvalue weighted by Crippen LogP contribution is -2.46. The molecule has 0 atom stereocenters. The average Bonchev–Trinajstić information content (AvgIpc) is 2.85. The second-order valence-electron chi connectivity index (χ2n) is 7.40. The first-order valence-electron chi connectivity index (χ1n) is 10.3. The van der Waals surface area contributed by atoms with Crippen molar-refractivity contribution in [3.63, 3.8) is 0 Å². The Hall–Kier alpha value is -3.84. The van der Waals surface area contributed by atoms with Gasteiger partial charge in [-0.05, 0) is 36.4 Å². The number of aromatic nitrogens is 3. The van der Waals surface area contributed by atoms with Gasteiger partial charge in [0.1, 0.15) is 11.8 Å². The first-order valence-corrected chi connectivity index (χ1v) is 10.3. The summed E-state index contributed by atoms with van der Waals surface area (Å²) >= 11 is 0. The van der Waals surface area contributed by atoms with Crippen LogP contribution in [-0.4, -0.2) is 51.9 Å². The van der Waals surface area contributed by atoms with Crippen molar-refractivity contribution in [1.82, 2.24) is 25.2 Å². The van der Waals surface area contributed by atoms with Crippen molar-refractivity contribution in [2.45, 2.75) is 0 Å². The molecule has 7 nitrogen and oxygen atoms in total. The summed E-state index contributed by atoms with van der Waals surface area (Å²) in [6, 6.07) is 21.4. The molecule has 0 unspecified atom stereocenters. The molecule has 0 spiro atoms. The fourth-order valence-electron chi connectivity index (χ4n) is 3.68. The monoisotopic (exact) mass is 410 g/mol. The second-order valence-corrected chi connectivity index (χ2v) is 7.40. The second kappa shape index (κ2) is 8.49. The van der Waals surface area contributed by atoms with Crippen LogP contribution in [0.5, 0.6) is 0 Å². The van der Waals surface area contributed by atoms with E-state index < -0.39 is 0 Å². The highest BCUT2D eigenvalue weighted by Crippen LogP contribution is 2.25. The third kappa shape index (κ3) is 4.08. The van der Waals surface area contributed by atoms with Crippen LogP contribution >= 0.6 is 0 Å². The number of rotatable bonds is 4. The summed E-state index contributed by atoms with van der Waals surface area (Å²) in [5.41, 5.74) is 4.84. The van der Waals surface area contributed by atoms with Crippen molar-refractivity contribution in [2.24, 2.45) is 0 Å². The van der Waals surface area contributed by atoms with E-state index in [0.717, 1.165) is 48.6 Å². The van der Waals surface area contributed by atoms with E-state index in [4.69, 9.17) is 4.98 Å². The first kappa shape index (κ1) is 19.1. The zero-order valence-corrected chi connectivity index (χ0v) is 17.0. The van der Waals surface area contributed by atoms with Gasteiger partial charge in [0.05, 0.1) is 11.2 Å². The molecule has 2 aromatic carbocycles. The maximum atomic E-state index is 12.7. The Morgan fingerprint density at radius 1 is 0.903 bits per heavy atom. The highest BCUT2D eigenvalue weighted by molar-refractivity contribution is 5.95. The van der Waals surface area contributed by atoms with E-state index in [-0.39, 0.29) is 5.91 Å². The largest absolute Gasteiger partial charge is 0.338 e. The lowest BCUT2D eigenvalue weighted by molar-refractivity contribution is 0.0736. The minimum atomic E-state index is 0.0715. The molecule has 4 aromatic rings. The predicted octanol–water partition coefficient (Wildman–Crippen LogP) is 3.48. The van der Waals surface area contributed by atoms with Crippen LogP contribution < -0.4 is 10.6 Å². The number of nitrogens with zero attached hydrogens (tertiary/aromatic N) is 4. The molecule has 1 fully saturated rings. The van der Waals surface area contributed by atoms with Gasteiger partial charge in [0.15, 0.2) is 5.82 Å². The first-order chi connectivity index (χ1) is 15.3. The van der Waals surface area contributed by atoms with E-state index in [1.165, 1.54) is 6.33 Å². The van der Waals surface area contributed by atoms with Crippen LogP contribution in [0.1, 0.15) is 10.4 Å². The Labute approximate surface area is 180 Å². The normalized spacial score (nSPS) is 13.9. The van der Waals surface area contributed by atoms with Crippen LogP contribution in [0.2, 0.25) is 0 Å². The maximum absolute atomic E-state index is 12.7. The third-order valence-corrected chi connectivity index (χ3v) is 5.35. The van der Waals surface area contributed by atoms with Crippen molar-refractivity contribution in [2.75, 3.05) is 31.5 Å². The fraction of sp³-hybridized carbons (Fsp3) is 0.167. The molecule has 1 amide bonds. The smallest absolute Gasteiger partial charge is 0.253 e. The highest BCUT2D eigenvalue weighted by Gasteiger charge is 2.18. The third-order valence-electron chi connectivity index (χ3n) is 5.35. The number of carbonyl (C=O) groups excluding carboxylic acids is 1. The average molecular weight is 410 g/mol. The summed E-state index contributed by atoms with van der Waals surface area (Å²) in [5.74, 6) is 0.728. The number of hydrogen-bond donors (Lipinski definition) is 2. The molecule has 2 N–H and O–H groups in total. The lowest BCUT2D eigenvalue weighted by Gasteiger charge is -2.27. The topological polar surface area (TPSA) is 83.0 Å². The Morgan fingerprint density at radius 3 is 2.45 bits per heavy atom. The number of amides is 1. The Balaban J connectivity index is 1.43. The van der Waals surface area contributed by atoms with Gasteiger partial charge in [-0.3, -0.25) is 4.79 Å². The zero-order chi connectivity index (χ0) is 21.0. The number of para-hydroxylation sites is 1. The number of nitrogens with one attached hydrogen (secondary N) is 2. The molecule has 1 aliphatic heterocycles. The number of piperazine rings is 1. The van der Waals surface area contributed by atoms with Gasteiger partial charge in [0, 0.05) is 43.0 Å². The Kier molecular flexibility index (Phi) is 5.24. The van der Waals surface area contributed by atoms with Gasteiger partial charge in [-0.25, -0.2) is 15.0 Å². The van der Waals surface area contributed by atoms with Crippen molar-refractivity contribution < 1.29 is 4.79 Å². The van der Waals surface area contributed by atoms with Crippen LogP contribution in [0.15, 0.2) is 73.1 Å². The predicted molar refractivity (Wildman–Crippen MR) is 121 cm³/mol. The molecule has 0 radical (unpaired) electrons. The molecular weight excluding hydrogens is 388 g/mol. The molecule has 7 heteroatoms. The maximum Gasteiger partial charge on any atom is 0.253 e. The van der Waals surface area contributed by atoms with Gasteiger partial charge < -0.3 is 15.5 Å². The summed E-state index contributed by atoms with van der Waals surface area (Å²) in [4.78, 5) is 28.1. The van der Waals surface area contributed by atoms with Crippen LogP contribution in [0.4, 0.5) is 11.5 Å². The van der Waals surface area contributed by atoms with E-state index in [1.807, 2.05) is 71.6 Å². The molecule has 2 aromatic heterocycles. The molecule has 31 heavy (non-hydrogen) atoms. The van der Waals surface area contributed by atoms with Crippen molar-refractivity contribution in [3.05, 3.63) is 78.6 Å². The molecule has 154 valence electrons. The molecule has 3 heterocycles. The van der Waals surface area contributed by atoms with Gasteiger partial charge in [-0.15, -0.1) is 0 Å². The van der Waals surface area contributed by atoms with Crippen molar-refractivity contribution in [3.8, 4) is 11.3 Å². The quantitative estimate of drug-likeness (QED) is 0.536. The fourth-order valence-corrected chi connectivity index (χ4v) is 3.68. The van der Waals surface area contributed by atoms with Crippen LogP contribution in [0.25, 0.3) is 22.3 Å². The number of anilines is 2. The minimum Gasteiger partial charge on any atom is -0.338 e. The van der Waals surface area contributed by atoms with E-state index in [9.17, 15) is 4.79 Å². The Morgan fingerprint density at radius 2 is 1.68 bits per heavy atom. The van der Waals surface area contributed by atoms with Crippen molar-refractivity contribution in [1.29, 1.82) is 0 Å². The molecule has 1 aliphatic rings. The number of hydrogen-bond acceptors (Lipinski definition) is 6. The number of carbonyl (C=O) groups is 1. The van der Waals surface area contributed by atoms with Gasteiger partial charge in [0.25, 0.3) is 5.91 Å². The summed E-state index contributed by atoms with van der Waals surface area (Å²) in [7, 11) is 0. The van der Waals surface area contributed by atoms with Gasteiger partial charge >= 0.3 is 0 Å². The SMILES string of the molecule is O=C(c1ccc(-c2ccc3ncnc(Nc4ccccc4)c3n2)cc1)N1CCNCC1. The van der Waals surface area contributed by atoms with Crippen molar-refractivity contribution >= 4 is 28.4 Å². The van der Waals surface area contributed by atoms with E-state index >= 15 is 0 Å². The molecule has 0 bridgehead atoms.